The van der Waals surface area contributed by atoms with E-state index in [0.717, 1.165) is 0 Å². The number of primary amides is 1. The Hall–Kier alpha value is -3.95. The third kappa shape index (κ3) is 4.54. The molecule has 1 atom stereocenters. The van der Waals surface area contributed by atoms with Gasteiger partial charge in [-0.15, -0.1) is 0 Å². The first-order chi connectivity index (χ1) is 14.3. The van der Waals surface area contributed by atoms with Crippen LogP contribution < -0.4 is 16.4 Å². The Morgan fingerprint density at radius 2 is 1.73 bits per heavy atom. The van der Waals surface area contributed by atoms with Gasteiger partial charge in [-0.05, 0) is 56.2 Å². The molecule has 0 aromatic heterocycles. The van der Waals surface area contributed by atoms with Crippen molar-refractivity contribution in [2.24, 2.45) is 5.73 Å². The van der Waals surface area contributed by atoms with Gasteiger partial charge in [-0.3, -0.25) is 19.7 Å². The molecule has 0 bridgehead atoms. The number of nitrogens with two attached hydrogens (primary N) is 1. The largest absolute Gasteiger partial charge is 0.351 e. The number of carbonyl (C=O) groups excluding carboxylic acids is 3. The standard InChI is InChI=1S/C20H21N5O5/c1-12-11-13(4-9-16(12)25(29)30)19(27)24-10-2-3-17(24)18(26)22-14-5-7-15(8-6-14)23-20(21)28/h4-9,11,17H,2-3,10H2,1H3,(H,22,26)(H3,21,23,28). The number of nitro benzene ring substituents is 1. The summed E-state index contributed by atoms with van der Waals surface area (Å²) >= 11 is 0. The van der Waals surface area contributed by atoms with E-state index in [9.17, 15) is 24.5 Å². The van der Waals surface area contributed by atoms with Gasteiger partial charge in [-0.2, -0.15) is 0 Å². The Bertz CT molecular complexity index is 1010. The molecule has 1 saturated heterocycles. The van der Waals surface area contributed by atoms with Gasteiger partial charge in [0.1, 0.15) is 6.04 Å². The van der Waals surface area contributed by atoms with Crippen molar-refractivity contribution >= 4 is 34.9 Å². The summed E-state index contributed by atoms with van der Waals surface area (Å²) in [5, 5.41) is 16.2. The van der Waals surface area contributed by atoms with Crippen LogP contribution in [-0.4, -0.2) is 40.3 Å². The Balaban J connectivity index is 1.71. The molecule has 4 N–H and O–H groups in total. The highest BCUT2D eigenvalue weighted by Crippen LogP contribution is 2.25. The van der Waals surface area contributed by atoms with Crippen LogP contribution in [0.15, 0.2) is 42.5 Å². The molecule has 4 amide bonds. The highest BCUT2D eigenvalue weighted by Gasteiger charge is 2.35. The lowest BCUT2D eigenvalue weighted by molar-refractivity contribution is -0.385. The van der Waals surface area contributed by atoms with Crippen molar-refractivity contribution in [1.82, 2.24) is 4.90 Å². The number of aryl methyl sites for hydroxylation is 1. The maximum Gasteiger partial charge on any atom is 0.316 e. The number of anilines is 2. The van der Waals surface area contributed by atoms with Gasteiger partial charge in [0.2, 0.25) is 5.91 Å². The lowest BCUT2D eigenvalue weighted by atomic mass is 10.1. The number of rotatable bonds is 5. The van der Waals surface area contributed by atoms with Crippen molar-refractivity contribution in [1.29, 1.82) is 0 Å². The van der Waals surface area contributed by atoms with Crippen LogP contribution in [0.1, 0.15) is 28.8 Å². The number of hydrogen-bond acceptors (Lipinski definition) is 5. The minimum absolute atomic E-state index is 0.0588. The van der Waals surface area contributed by atoms with Crippen LogP contribution in [0, 0.1) is 17.0 Å². The van der Waals surface area contributed by atoms with Gasteiger partial charge in [0.05, 0.1) is 4.92 Å². The third-order valence-corrected chi connectivity index (χ3v) is 4.88. The van der Waals surface area contributed by atoms with E-state index >= 15 is 0 Å². The summed E-state index contributed by atoms with van der Waals surface area (Å²) in [4.78, 5) is 48.5. The second-order valence-electron chi connectivity index (χ2n) is 6.97. The number of nitrogens with one attached hydrogen (secondary N) is 2. The maximum atomic E-state index is 12.9. The number of carbonyl (C=O) groups is 3. The quantitative estimate of drug-likeness (QED) is 0.511. The fraction of sp³-hybridized carbons (Fsp3) is 0.250. The number of amides is 4. The number of nitro groups is 1. The van der Waals surface area contributed by atoms with Gasteiger partial charge in [-0.25, -0.2) is 4.79 Å². The zero-order valence-corrected chi connectivity index (χ0v) is 16.3. The average molecular weight is 411 g/mol. The van der Waals surface area contributed by atoms with Crippen LogP contribution in [0.4, 0.5) is 21.9 Å². The molecule has 0 radical (unpaired) electrons. The van der Waals surface area contributed by atoms with E-state index in [-0.39, 0.29) is 17.5 Å². The van der Waals surface area contributed by atoms with Crippen LogP contribution in [-0.2, 0) is 4.79 Å². The highest BCUT2D eigenvalue weighted by molar-refractivity contribution is 6.02. The van der Waals surface area contributed by atoms with Crippen LogP contribution in [0.5, 0.6) is 0 Å². The third-order valence-electron chi connectivity index (χ3n) is 4.88. The van der Waals surface area contributed by atoms with Crippen molar-refractivity contribution in [2.45, 2.75) is 25.8 Å². The summed E-state index contributed by atoms with van der Waals surface area (Å²) in [5.41, 5.74) is 6.70. The molecule has 2 aromatic rings. The van der Waals surface area contributed by atoms with E-state index in [1.54, 1.807) is 31.2 Å². The predicted molar refractivity (Wildman–Crippen MR) is 110 cm³/mol. The molecular weight excluding hydrogens is 390 g/mol. The van der Waals surface area contributed by atoms with E-state index in [1.807, 2.05) is 0 Å². The Morgan fingerprint density at radius 3 is 2.30 bits per heavy atom. The molecule has 2 aromatic carbocycles. The number of benzene rings is 2. The summed E-state index contributed by atoms with van der Waals surface area (Å²) < 4.78 is 0. The van der Waals surface area contributed by atoms with Gasteiger partial charge >= 0.3 is 6.03 Å². The van der Waals surface area contributed by atoms with E-state index in [2.05, 4.69) is 10.6 Å². The summed E-state index contributed by atoms with van der Waals surface area (Å²) in [5.74, 6) is -0.665. The fourth-order valence-corrected chi connectivity index (χ4v) is 3.45. The monoisotopic (exact) mass is 411 g/mol. The minimum atomic E-state index is -0.687. The number of hydrogen-bond donors (Lipinski definition) is 3. The lowest BCUT2D eigenvalue weighted by Gasteiger charge is -2.24. The molecule has 1 unspecified atom stereocenters. The smallest absolute Gasteiger partial charge is 0.316 e. The molecule has 1 aliphatic rings. The molecule has 1 fully saturated rings. The van der Waals surface area contributed by atoms with Crippen molar-refractivity contribution in [3.63, 3.8) is 0 Å². The van der Waals surface area contributed by atoms with Crippen LogP contribution in [0.25, 0.3) is 0 Å². The summed E-state index contributed by atoms with van der Waals surface area (Å²) in [7, 11) is 0. The lowest BCUT2D eigenvalue weighted by Crippen LogP contribution is -2.43. The molecule has 0 saturated carbocycles. The average Bonchev–Trinajstić information content (AvgIpc) is 3.18. The molecule has 0 aliphatic carbocycles. The van der Waals surface area contributed by atoms with Gasteiger partial charge in [-0.1, -0.05) is 0 Å². The van der Waals surface area contributed by atoms with Crippen LogP contribution in [0.2, 0.25) is 0 Å². The maximum absolute atomic E-state index is 12.9. The Kier molecular flexibility index (Phi) is 5.95. The number of nitrogens with zero attached hydrogens (tertiary/aromatic N) is 2. The first-order valence-electron chi connectivity index (χ1n) is 9.29. The van der Waals surface area contributed by atoms with E-state index in [0.29, 0.717) is 41.9 Å². The molecule has 156 valence electrons. The molecule has 0 spiro atoms. The van der Waals surface area contributed by atoms with Gasteiger partial charge in [0, 0.05) is 35.1 Å². The number of urea groups is 1. The first-order valence-corrected chi connectivity index (χ1v) is 9.29. The summed E-state index contributed by atoms with van der Waals surface area (Å²) in [6.45, 7) is 1.99. The van der Waals surface area contributed by atoms with Crippen molar-refractivity contribution in [2.75, 3.05) is 17.2 Å². The zero-order chi connectivity index (χ0) is 21.8. The van der Waals surface area contributed by atoms with Crippen LogP contribution in [0.3, 0.4) is 0 Å². The van der Waals surface area contributed by atoms with E-state index in [4.69, 9.17) is 5.73 Å². The molecule has 1 heterocycles. The zero-order valence-electron chi connectivity index (χ0n) is 16.3. The molecular formula is C20H21N5O5. The molecule has 10 nitrogen and oxygen atoms in total. The fourth-order valence-electron chi connectivity index (χ4n) is 3.45. The second-order valence-corrected chi connectivity index (χ2v) is 6.97. The van der Waals surface area contributed by atoms with Crippen molar-refractivity contribution < 1.29 is 19.3 Å². The summed E-state index contributed by atoms with van der Waals surface area (Å²) in [6.07, 6.45) is 1.20. The molecule has 1 aliphatic heterocycles. The Morgan fingerprint density at radius 1 is 1.10 bits per heavy atom. The molecule has 30 heavy (non-hydrogen) atoms. The van der Waals surface area contributed by atoms with E-state index < -0.39 is 17.0 Å². The normalized spacial score (nSPS) is 15.5. The van der Waals surface area contributed by atoms with Crippen molar-refractivity contribution in [3.05, 3.63) is 63.7 Å². The van der Waals surface area contributed by atoms with Crippen LogP contribution >= 0.6 is 0 Å². The molecule has 3 rings (SSSR count). The number of likely N-dealkylation sites (tertiary alicyclic amines) is 1. The first kappa shape index (κ1) is 20.8. The van der Waals surface area contributed by atoms with Crippen molar-refractivity contribution in [3.8, 4) is 0 Å². The molecule has 10 heteroatoms. The second kappa shape index (κ2) is 8.60. The topological polar surface area (TPSA) is 148 Å². The van der Waals surface area contributed by atoms with E-state index in [1.165, 1.54) is 23.1 Å². The predicted octanol–water partition coefficient (Wildman–Crippen LogP) is 2.64. The Labute approximate surface area is 172 Å². The SMILES string of the molecule is Cc1cc(C(=O)N2CCCC2C(=O)Nc2ccc(NC(N)=O)cc2)ccc1[N+](=O)[O-]. The van der Waals surface area contributed by atoms with Gasteiger partial charge in [0.25, 0.3) is 11.6 Å². The highest BCUT2D eigenvalue weighted by atomic mass is 16.6. The summed E-state index contributed by atoms with van der Waals surface area (Å²) in [6, 6.07) is 9.27. The minimum Gasteiger partial charge on any atom is -0.351 e. The van der Waals surface area contributed by atoms with Gasteiger partial charge < -0.3 is 21.3 Å². The van der Waals surface area contributed by atoms with Gasteiger partial charge in [0.15, 0.2) is 0 Å².